The molecule has 0 bridgehead atoms. The Morgan fingerprint density at radius 2 is 2.33 bits per heavy atom. The number of rotatable bonds is 3. The number of nitrogens with two attached hydrogens (primary N) is 1. The van der Waals surface area contributed by atoms with Gasteiger partial charge >= 0.3 is 0 Å². The summed E-state index contributed by atoms with van der Waals surface area (Å²) in [5.41, 5.74) is 4.72. The van der Waals surface area contributed by atoms with Crippen LogP contribution in [0.1, 0.15) is 16.8 Å². The molecular formula is C12H16N2O4. The fraction of sp³-hybridized carbons (Fsp3) is 0.417. The molecule has 98 valence electrons. The Morgan fingerprint density at radius 3 is 3.00 bits per heavy atom. The van der Waals surface area contributed by atoms with Crippen LogP contribution in [0.3, 0.4) is 0 Å². The van der Waals surface area contributed by atoms with Crippen molar-refractivity contribution in [3.8, 4) is 5.75 Å². The highest BCUT2D eigenvalue weighted by atomic mass is 16.5. The fourth-order valence-electron chi connectivity index (χ4n) is 1.82. The van der Waals surface area contributed by atoms with Crippen LogP contribution < -0.4 is 11.1 Å². The highest BCUT2D eigenvalue weighted by Crippen LogP contribution is 2.24. The van der Waals surface area contributed by atoms with E-state index < -0.39 is 11.5 Å². The third-order valence-corrected chi connectivity index (χ3v) is 2.97. The van der Waals surface area contributed by atoms with Crippen LogP contribution in [0, 0.1) is 0 Å². The molecule has 2 rings (SSSR count). The van der Waals surface area contributed by atoms with Gasteiger partial charge in [-0.05, 0) is 12.1 Å². The average Bonchev–Trinajstić information content (AvgIpc) is 2.77. The Labute approximate surface area is 104 Å². The zero-order valence-electron chi connectivity index (χ0n) is 9.85. The Bertz CT molecular complexity index is 455. The summed E-state index contributed by atoms with van der Waals surface area (Å²) in [6.45, 7) is 0.770. The lowest BCUT2D eigenvalue weighted by atomic mass is 10.0. The van der Waals surface area contributed by atoms with Gasteiger partial charge in [-0.2, -0.15) is 0 Å². The predicted molar refractivity (Wildman–Crippen MR) is 65.2 cm³/mol. The van der Waals surface area contributed by atoms with Gasteiger partial charge in [0.05, 0.1) is 17.9 Å². The number of ether oxygens (including phenoxy) is 1. The molecule has 1 saturated heterocycles. The molecule has 18 heavy (non-hydrogen) atoms. The van der Waals surface area contributed by atoms with Crippen LogP contribution in [-0.2, 0) is 4.74 Å². The Hall–Kier alpha value is -1.79. The van der Waals surface area contributed by atoms with Gasteiger partial charge in [0.15, 0.2) is 5.75 Å². The molecule has 1 aliphatic heterocycles. The molecule has 0 aliphatic carbocycles. The maximum absolute atomic E-state index is 11.8. The van der Waals surface area contributed by atoms with Crippen LogP contribution in [0.25, 0.3) is 0 Å². The Balaban J connectivity index is 2.01. The number of carbonyl (C=O) groups excluding carboxylic acids is 1. The minimum atomic E-state index is -1.02. The summed E-state index contributed by atoms with van der Waals surface area (Å²) >= 11 is 0. The number of hydrogen-bond donors (Lipinski definition) is 4. The molecule has 0 aromatic heterocycles. The van der Waals surface area contributed by atoms with Crippen molar-refractivity contribution in [2.24, 2.45) is 0 Å². The van der Waals surface area contributed by atoms with Gasteiger partial charge in [0.2, 0.25) is 0 Å². The quantitative estimate of drug-likeness (QED) is 0.442. The lowest BCUT2D eigenvalue weighted by Gasteiger charge is -2.20. The van der Waals surface area contributed by atoms with Crippen molar-refractivity contribution >= 4 is 11.6 Å². The van der Waals surface area contributed by atoms with Crippen LogP contribution in [0.15, 0.2) is 18.2 Å². The second-order valence-corrected chi connectivity index (χ2v) is 4.45. The molecule has 6 heteroatoms. The van der Waals surface area contributed by atoms with Crippen molar-refractivity contribution in [1.82, 2.24) is 5.32 Å². The first-order chi connectivity index (χ1) is 8.52. The van der Waals surface area contributed by atoms with Crippen LogP contribution >= 0.6 is 0 Å². The van der Waals surface area contributed by atoms with Crippen LogP contribution in [0.4, 0.5) is 5.69 Å². The SMILES string of the molecule is Nc1cccc(C(=O)NCC2(O)CCOC2)c1O. The lowest BCUT2D eigenvalue weighted by Crippen LogP contribution is -2.43. The molecule has 5 N–H and O–H groups in total. The molecule has 1 fully saturated rings. The normalized spacial score (nSPS) is 22.9. The third-order valence-electron chi connectivity index (χ3n) is 2.97. The number of carbonyl (C=O) groups is 1. The first-order valence-electron chi connectivity index (χ1n) is 5.68. The molecule has 1 atom stereocenters. The molecule has 1 aliphatic rings. The minimum absolute atomic E-state index is 0.0834. The minimum Gasteiger partial charge on any atom is -0.505 e. The van der Waals surface area contributed by atoms with E-state index in [0.29, 0.717) is 13.0 Å². The molecule has 1 heterocycles. The predicted octanol–water partition coefficient (Wildman–Crippen LogP) is -0.144. The number of hydrogen-bond acceptors (Lipinski definition) is 5. The smallest absolute Gasteiger partial charge is 0.255 e. The summed E-state index contributed by atoms with van der Waals surface area (Å²) in [4.78, 5) is 11.8. The number of para-hydroxylation sites is 1. The van der Waals surface area contributed by atoms with Crippen molar-refractivity contribution in [2.75, 3.05) is 25.5 Å². The summed E-state index contributed by atoms with van der Waals surface area (Å²) in [5.74, 6) is -0.718. The number of aliphatic hydroxyl groups is 1. The van der Waals surface area contributed by atoms with Crippen molar-refractivity contribution < 1.29 is 19.7 Å². The second-order valence-electron chi connectivity index (χ2n) is 4.45. The topological polar surface area (TPSA) is 105 Å². The molecule has 0 spiro atoms. The first-order valence-corrected chi connectivity index (χ1v) is 5.68. The van der Waals surface area contributed by atoms with Gasteiger partial charge in [0.1, 0.15) is 5.60 Å². The van der Waals surface area contributed by atoms with Gasteiger partial charge in [-0.15, -0.1) is 0 Å². The molecule has 0 saturated carbocycles. The van der Waals surface area contributed by atoms with Gasteiger partial charge in [-0.25, -0.2) is 0 Å². The lowest BCUT2D eigenvalue weighted by molar-refractivity contribution is 0.0264. The number of phenolic OH excluding ortho intramolecular Hbond substituents is 1. The number of nitrogen functional groups attached to an aromatic ring is 1. The zero-order valence-corrected chi connectivity index (χ0v) is 9.85. The second kappa shape index (κ2) is 4.83. The van der Waals surface area contributed by atoms with Crippen molar-refractivity contribution in [3.05, 3.63) is 23.8 Å². The summed E-state index contributed by atoms with van der Waals surface area (Å²) in [7, 11) is 0. The number of nitrogens with one attached hydrogen (secondary N) is 1. The van der Waals surface area contributed by atoms with E-state index >= 15 is 0 Å². The van der Waals surface area contributed by atoms with Crippen molar-refractivity contribution in [3.63, 3.8) is 0 Å². The van der Waals surface area contributed by atoms with Crippen LogP contribution in [-0.4, -0.2) is 41.5 Å². The number of amides is 1. The van der Waals surface area contributed by atoms with E-state index in [-0.39, 0.29) is 30.2 Å². The molecule has 1 aromatic rings. The number of phenols is 1. The molecular weight excluding hydrogens is 236 g/mol. The molecule has 0 radical (unpaired) electrons. The highest BCUT2D eigenvalue weighted by molar-refractivity contribution is 5.98. The summed E-state index contributed by atoms with van der Waals surface area (Å²) in [5, 5.41) is 22.2. The van der Waals surface area contributed by atoms with Gasteiger partial charge in [0, 0.05) is 19.6 Å². The molecule has 1 unspecified atom stereocenters. The van der Waals surface area contributed by atoms with Gasteiger partial charge in [0.25, 0.3) is 5.91 Å². The van der Waals surface area contributed by atoms with Crippen molar-refractivity contribution in [1.29, 1.82) is 0 Å². The van der Waals surface area contributed by atoms with E-state index in [9.17, 15) is 15.0 Å². The van der Waals surface area contributed by atoms with E-state index in [1.54, 1.807) is 6.07 Å². The average molecular weight is 252 g/mol. The monoisotopic (exact) mass is 252 g/mol. The highest BCUT2D eigenvalue weighted by Gasteiger charge is 2.32. The fourth-order valence-corrected chi connectivity index (χ4v) is 1.82. The van der Waals surface area contributed by atoms with Crippen LogP contribution in [0.2, 0.25) is 0 Å². The molecule has 6 nitrogen and oxygen atoms in total. The van der Waals surface area contributed by atoms with E-state index in [2.05, 4.69) is 5.32 Å². The van der Waals surface area contributed by atoms with E-state index in [4.69, 9.17) is 10.5 Å². The summed E-state index contributed by atoms with van der Waals surface area (Å²) in [6.07, 6.45) is 0.482. The van der Waals surface area contributed by atoms with Crippen LogP contribution in [0.5, 0.6) is 5.75 Å². The number of benzene rings is 1. The third kappa shape index (κ3) is 2.55. The van der Waals surface area contributed by atoms with Gasteiger partial charge in [-0.3, -0.25) is 4.79 Å². The standard InChI is InChI=1S/C12H16N2O4/c13-9-3-1-2-8(10(9)15)11(16)14-6-12(17)4-5-18-7-12/h1-3,15,17H,4-7,13H2,(H,14,16). The van der Waals surface area contributed by atoms with Gasteiger partial charge in [-0.1, -0.05) is 6.07 Å². The Kier molecular flexibility index (Phi) is 3.40. The van der Waals surface area contributed by atoms with Crippen molar-refractivity contribution in [2.45, 2.75) is 12.0 Å². The zero-order chi connectivity index (χ0) is 13.2. The number of anilines is 1. The summed E-state index contributed by atoms with van der Waals surface area (Å²) < 4.78 is 5.07. The first kappa shape index (κ1) is 12.7. The maximum Gasteiger partial charge on any atom is 0.255 e. The molecule has 1 aromatic carbocycles. The van der Waals surface area contributed by atoms with E-state index in [1.165, 1.54) is 12.1 Å². The Morgan fingerprint density at radius 1 is 1.56 bits per heavy atom. The maximum atomic E-state index is 11.8. The molecule has 1 amide bonds. The largest absolute Gasteiger partial charge is 0.505 e. The summed E-state index contributed by atoms with van der Waals surface area (Å²) in [6, 6.07) is 4.55. The van der Waals surface area contributed by atoms with Gasteiger partial charge < -0.3 is 26.0 Å². The van der Waals surface area contributed by atoms with E-state index in [0.717, 1.165) is 0 Å². The van der Waals surface area contributed by atoms with E-state index in [1.807, 2.05) is 0 Å². The number of aromatic hydroxyl groups is 1.